The van der Waals surface area contributed by atoms with Crippen molar-refractivity contribution in [1.82, 2.24) is 4.98 Å². The van der Waals surface area contributed by atoms with Crippen molar-refractivity contribution in [2.75, 3.05) is 0 Å². The zero-order chi connectivity index (χ0) is 26.8. The first-order valence-electron chi connectivity index (χ1n) is 11.2. The molecule has 0 atom stereocenters. The van der Waals surface area contributed by atoms with Gasteiger partial charge in [-0.25, -0.2) is 4.98 Å². The van der Waals surface area contributed by atoms with Crippen LogP contribution in [0.1, 0.15) is 11.1 Å². The third-order valence-corrected chi connectivity index (χ3v) is 5.58. The molecule has 0 unspecified atom stereocenters. The van der Waals surface area contributed by atoms with Crippen LogP contribution < -0.4 is 4.74 Å². The molecule has 0 saturated heterocycles. The monoisotopic (exact) mass is 510 g/mol. The molecule has 0 fully saturated rings. The second-order valence-corrected chi connectivity index (χ2v) is 8.29. The van der Waals surface area contributed by atoms with E-state index in [1.807, 2.05) is 25.1 Å². The van der Waals surface area contributed by atoms with Gasteiger partial charge in [0, 0.05) is 18.3 Å². The lowest BCUT2D eigenvalue weighted by atomic mass is 10.1. The molecule has 188 valence electrons. The summed E-state index contributed by atoms with van der Waals surface area (Å²) in [4.78, 5) is 29.6. The number of aromatic hydroxyl groups is 1. The largest absolute Gasteiger partial charge is 0.507 e. The Hall–Kier alpha value is -5.58. The number of oxazole rings is 1. The quantitative estimate of drug-likeness (QED) is 0.141. The van der Waals surface area contributed by atoms with Crippen molar-refractivity contribution in [3.8, 4) is 28.7 Å². The zero-order valence-electron chi connectivity index (χ0n) is 19.8. The molecule has 0 bridgehead atoms. The first kappa shape index (κ1) is 24.1. The third-order valence-electron chi connectivity index (χ3n) is 5.58. The molecule has 11 heteroatoms. The number of nitrogens with zero attached hydrogens (tertiary/aromatic N) is 4. The number of fused-ring (bicyclic) bond motifs is 1. The molecule has 1 N–H and O–H groups in total. The zero-order valence-corrected chi connectivity index (χ0v) is 19.8. The predicted octanol–water partition coefficient (Wildman–Crippen LogP) is 6.87. The Morgan fingerprint density at radius 1 is 0.947 bits per heavy atom. The maximum Gasteiger partial charge on any atom is 0.318 e. The van der Waals surface area contributed by atoms with E-state index in [0.717, 1.165) is 17.7 Å². The lowest BCUT2D eigenvalue weighted by molar-refractivity contribution is -0.394. The van der Waals surface area contributed by atoms with Crippen LogP contribution in [-0.4, -0.2) is 26.2 Å². The number of hydrogen-bond donors (Lipinski definition) is 1. The van der Waals surface area contributed by atoms with Crippen molar-refractivity contribution in [3.05, 3.63) is 110 Å². The number of phenolic OH excluding ortho intramolecular Hbond substituents is 1. The second kappa shape index (κ2) is 9.82. The van der Waals surface area contributed by atoms with Crippen LogP contribution in [0.4, 0.5) is 17.1 Å². The number of hydrogen-bond acceptors (Lipinski definition) is 9. The van der Waals surface area contributed by atoms with E-state index in [0.29, 0.717) is 39.6 Å². The van der Waals surface area contributed by atoms with Gasteiger partial charge in [-0.15, -0.1) is 0 Å². The summed E-state index contributed by atoms with van der Waals surface area (Å²) < 4.78 is 11.3. The minimum Gasteiger partial charge on any atom is -0.507 e. The van der Waals surface area contributed by atoms with Gasteiger partial charge in [-0.2, -0.15) is 0 Å². The van der Waals surface area contributed by atoms with Crippen LogP contribution in [0.25, 0.3) is 22.6 Å². The fraction of sp³-hybridized carbons (Fsp3) is 0.0370. The van der Waals surface area contributed by atoms with Crippen molar-refractivity contribution >= 4 is 34.4 Å². The predicted molar refractivity (Wildman–Crippen MR) is 139 cm³/mol. The molecule has 38 heavy (non-hydrogen) atoms. The van der Waals surface area contributed by atoms with Crippen LogP contribution in [0, 0.1) is 27.2 Å². The van der Waals surface area contributed by atoms with Crippen LogP contribution in [0.15, 0.2) is 88.3 Å². The van der Waals surface area contributed by atoms with Crippen LogP contribution in [-0.2, 0) is 0 Å². The molecule has 0 aliphatic heterocycles. The van der Waals surface area contributed by atoms with Crippen LogP contribution in [0.3, 0.4) is 0 Å². The van der Waals surface area contributed by atoms with Gasteiger partial charge in [0.1, 0.15) is 17.0 Å². The fourth-order valence-electron chi connectivity index (χ4n) is 3.68. The normalized spacial score (nSPS) is 11.2. The van der Waals surface area contributed by atoms with Crippen molar-refractivity contribution in [1.29, 1.82) is 0 Å². The number of aromatic nitrogens is 1. The van der Waals surface area contributed by atoms with Gasteiger partial charge in [-0.1, -0.05) is 6.07 Å². The maximum atomic E-state index is 11.3. The Kier molecular flexibility index (Phi) is 6.23. The number of phenols is 1. The van der Waals surface area contributed by atoms with E-state index in [4.69, 9.17) is 9.15 Å². The minimum atomic E-state index is -0.741. The molecular formula is C27H18N4O7. The van der Waals surface area contributed by atoms with Gasteiger partial charge in [0.25, 0.3) is 5.69 Å². The summed E-state index contributed by atoms with van der Waals surface area (Å²) in [5.74, 6) is 0.458. The molecule has 5 rings (SSSR count). The van der Waals surface area contributed by atoms with Crippen LogP contribution in [0.2, 0.25) is 0 Å². The lowest BCUT2D eigenvalue weighted by Gasteiger charge is -2.06. The van der Waals surface area contributed by atoms with E-state index in [2.05, 4.69) is 9.98 Å². The number of rotatable bonds is 7. The number of aryl methyl sites for hydroxylation is 1. The van der Waals surface area contributed by atoms with E-state index in [9.17, 15) is 25.3 Å². The van der Waals surface area contributed by atoms with E-state index in [-0.39, 0.29) is 11.5 Å². The summed E-state index contributed by atoms with van der Waals surface area (Å²) in [7, 11) is 0. The molecule has 0 aliphatic carbocycles. The summed E-state index contributed by atoms with van der Waals surface area (Å²) >= 11 is 0. The molecule has 0 spiro atoms. The highest BCUT2D eigenvalue weighted by molar-refractivity contribution is 5.83. The summed E-state index contributed by atoms with van der Waals surface area (Å²) in [6.45, 7) is 1.96. The van der Waals surface area contributed by atoms with E-state index in [1.54, 1.807) is 42.6 Å². The molecule has 0 amide bonds. The van der Waals surface area contributed by atoms with E-state index >= 15 is 0 Å². The minimum absolute atomic E-state index is 0.0311. The Labute approximate surface area is 214 Å². The number of non-ortho nitro benzene ring substituents is 1. The number of benzene rings is 4. The molecule has 0 radical (unpaired) electrons. The maximum absolute atomic E-state index is 11.3. The average molecular weight is 510 g/mol. The topological polar surface area (TPSA) is 154 Å². The average Bonchev–Trinajstić information content (AvgIpc) is 3.31. The van der Waals surface area contributed by atoms with Crippen molar-refractivity contribution < 1.29 is 24.1 Å². The van der Waals surface area contributed by atoms with Crippen molar-refractivity contribution in [2.24, 2.45) is 4.99 Å². The first-order chi connectivity index (χ1) is 18.3. The molecule has 11 nitrogen and oxygen atoms in total. The van der Waals surface area contributed by atoms with E-state index in [1.165, 1.54) is 12.1 Å². The van der Waals surface area contributed by atoms with Gasteiger partial charge in [0.05, 0.1) is 27.2 Å². The van der Waals surface area contributed by atoms with Gasteiger partial charge in [0.15, 0.2) is 5.58 Å². The number of ether oxygens (including phenoxy) is 1. The smallest absolute Gasteiger partial charge is 0.318 e. The summed E-state index contributed by atoms with van der Waals surface area (Å²) in [5.41, 5.74) is 3.12. The van der Waals surface area contributed by atoms with Gasteiger partial charge < -0.3 is 14.3 Å². The Balaban J connectivity index is 1.30. The molecule has 4 aromatic carbocycles. The molecule has 1 heterocycles. The number of nitro groups is 2. The number of aliphatic imine (C=N–C) groups is 1. The third kappa shape index (κ3) is 5.02. The van der Waals surface area contributed by atoms with Gasteiger partial charge in [-0.3, -0.25) is 25.2 Å². The standard InChI is InChI=1S/C27H18N4O7/c1-16-2-10-25-22(12-16)29-27(38-25)21-9-5-18(13-24(21)32)28-15-17-3-7-20(8-4-17)37-26-11-6-19(30(33)34)14-23(26)31(35)36/h2-15,32H,1H3. The SMILES string of the molecule is Cc1ccc2oc(-c3ccc(N=Cc4ccc(Oc5ccc([N+](=O)[O-])cc5[N+](=O)[O-])cc4)cc3O)nc2c1. The van der Waals surface area contributed by atoms with Crippen LogP contribution >= 0.6 is 0 Å². The lowest BCUT2D eigenvalue weighted by Crippen LogP contribution is -1.96. The van der Waals surface area contributed by atoms with Crippen molar-refractivity contribution in [2.45, 2.75) is 6.92 Å². The van der Waals surface area contributed by atoms with Crippen molar-refractivity contribution in [3.63, 3.8) is 0 Å². The molecule has 0 aliphatic rings. The van der Waals surface area contributed by atoms with Gasteiger partial charge in [0.2, 0.25) is 11.6 Å². The van der Waals surface area contributed by atoms with Gasteiger partial charge in [-0.05, 0) is 72.6 Å². The highest BCUT2D eigenvalue weighted by Gasteiger charge is 2.21. The first-order valence-corrected chi connectivity index (χ1v) is 11.2. The molecular weight excluding hydrogens is 492 g/mol. The Morgan fingerprint density at radius 3 is 2.45 bits per heavy atom. The Bertz CT molecular complexity index is 1730. The van der Waals surface area contributed by atoms with Crippen LogP contribution in [0.5, 0.6) is 17.2 Å². The summed E-state index contributed by atoms with van der Waals surface area (Å²) in [5, 5.41) is 32.7. The highest BCUT2D eigenvalue weighted by atomic mass is 16.6. The highest BCUT2D eigenvalue weighted by Crippen LogP contribution is 2.35. The number of nitro benzene ring substituents is 2. The molecule has 5 aromatic rings. The Morgan fingerprint density at radius 2 is 1.74 bits per heavy atom. The summed E-state index contributed by atoms with van der Waals surface area (Å²) in [6.07, 6.45) is 1.58. The summed E-state index contributed by atoms with van der Waals surface area (Å²) in [6, 6.07) is 20.3. The van der Waals surface area contributed by atoms with E-state index < -0.39 is 21.2 Å². The molecule has 0 saturated carbocycles. The second-order valence-electron chi connectivity index (χ2n) is 8.29. The molecule has 1 aromatic heterocycles. The fourth-order valence-corrected chi connectivity index (χ4v) is 3.68. The van der Waals surface area contributed by atoms with Gasteiger partial charge >= 0.3 is 5.69 Å².